The maximum absolute atomic E-state index is 5.90. The number of hydrogen-bond donors (Lipinski definition) is 0. The second kappa shape index (κ2) is 42.6. The van der Waals surface area contributed by atoms with Gasteiger partial charge in [-0.25, -0.2) is 9.97 Å². The molecule has 0 saturated heterocycles. The molecule has 0 bridgehead atoms. The predicted molar refractivity (Wildman–Crippen MR) is 390 cm³/mol. The average molecular weight is 1540 g/mol. The van der Waals surface area contributed by atoms with E-state index in [1.54, 1.807) is 12.4 Å². The van der Waals surface area contributed by atoms with Crippen molar-refractivity contribution in [2.75, 3.05) is 13.2 Å². The molecule has 0 aliphatic carbocycles. The molecular weight excluding hydrogens is 1460 g/mol. The fourth-order valence-corrected chi connectivity index (χ4v) is 29.6. The number of fused-ring (bicyclic) bond motifs is 2. The molecule has 2 heterocycles. The fourth-order valence-electron chi connectivity index (χ4n) is 9.65. The summed E-state index contributed by atoms with van der Waals surface area (Å²) in [6.45, 7) is 20.6. The van der Waals surface area contributed by atoms with E-state index in [1.807, 2.05) is 55.5 Å². The van der Waals surface area contributed by atoms with Gasteiger partial charge < -0.3 is 4.74 Å². The van der Waals surface area contributed by atoms with Crippen LogP contribution >= 0.6 is 74.0 Å². The second-order valence-electron chi connectivity index (χ2n) is 20.1. The van der Waals surface area contributed by atoms with Crippen molar-refractivity contribution < 1.29 is 25.4 Å². The molecule has 87 heavy (non-hydrogen) atoms. The minimum Gasteiger partial charge on any atom is -0.0622 e. The first-order valence-electron chi connectivity index (χ1n) is 29.6. The molecule has 0 aliphatic heterocycles. The molecule has 458 valence electrons. The van der Waals surface area contributed by atoms with Gasteiger partial charge in [0.05, 0.1) is 6.61 Å². The number of hydrogen-bond acceptors (Lipinski definition) is 4. The van der Waals surface area contributed by atoms with Gasteiger partial charge in [0.25, 0.3) is 0 Å². The average Bonchev–Trinajstić information content (AvgIpc) is 3.66. The number of benzene rings is 8. The van der Waals surface area contributed by atoms with Crippen LogP contribution in [-0.2, 0) is 25.4 Å². The van der Waals surface area contributed by atoms with Gasteiger partial charge in [0.2, 0.25) is 0 Å². The number of unbranched alkanes of at least 4 members (excludes halogenated alkanes) is 3. The largest absolute Gasteiger partial charge is 0.0622 e. The van der Waals surface area contributed by atoms with E-state index in [0.717, 1.165) is 38.2 Å². The Balaban J connectivity index is 0.000000197. The number of nitrogens with zero attached hydrogens (tertiary/aromatic N) is 2. The smallest absolute Gasteiger partial charge is 0.0134 e. The number of pyridine rings is 2. The van der Waals surface area contributed by atoms with Gasteiger partial charge in [-0.15, -0.1) is 0 Å². The van der Waals surface area contributed by atoms with E-state index in [1.165, 1.54) is 87.4 Å². The summed E-state index contributed by atoms with van der Waals surface area (Å²) in [5.41, 5.74) is 0.969. The third-order valence-electron chi connectivity index (χ3n) is 14.0. The Kier molecular flexibility index (Phi) is 35.9. The van der Waals surface area contributed by atoms with E-state index < -0.39 is 34.2 Å². The van der Waals surface area contributed by atoms with Crippen molar-refractivity contribution in [3.8, 4) is 0 Å². The third kappa shape index (κ3) is 25.4. The predicted octanol–water partition coefficient (Wildman–Crippen LogP) is 21.7. The fraction of sp³-hybridized carbons (Fsp3) is 0.216. The molecule has 0 spiro atoms. The summed E-state index contributed by atoms with van der Waals surface area (Å²) in [7, 11) is 8.74. The van der Waals surface area contributed by atoms with Crippen LogP contribution in [0.2, 0.25) is 23.6 Å². The van der Waals surface area contributed by atoms with Crippen molar-refractivity contribution in [3.63, 3.8) is 0 Å². The number of aromatic nitrogens is 2. The number of rotatable bonds is 21. The summed E-state index contributed by atoms with van der Waals surface area (Å²) >= 11 is 12.6. The van der Waals surface area contributed by atoms with Gasteiger partial charge in [0.1, 0.15) is 16.1 Å². The zero-order chi connectivity index (χ0) is 62.5. The molecule has 0 saturated carbocycles. The van der Waals surface area contributed by atoms with Gasteiger partial charge in [-0.05, 0) is 95.7 Å². The monoisotopic (exact) mass is 1540 g/mol. The first-order chi connectivity index (χ1) is 42.4. The summed E-state index contributed by atoms with van der Waals surface area (Å²) in [4.78, 5) is 8.02. The summed E-state index contributed by atoms with van der Waals surface area (Å²) < 4.78 is 18.0. The van der Waals surface area contributed by atoms with Crippen LogP contribution in [0.1, 0.15) is 78.7 Å². The molecule has 0 aliphatic rings. The van der Waals surface area contributed by atoms with Crippen molar-refractivity contribution in [2.45, 2.75) is 86.5 Å². The van der Waals surface area contributed by atoms with Crippen molar-refractivity contribution in [1.29, 1.82) is 0 Å². The second-order valence-corrected chi connectivity index (χ2v) is 41.8. The van der Waals surface area contributed by atoms with E-state index in [0.29, 0.717) is 22.7 Å². The van der Waals surface area contributed by atoms with Crippen LogP contribution in [0, 0.1) is 0 Å². The van der Waals surface area contributed by atoms with Gasteiger partial charge in [0, 0.05) is 33.2 Å². The van der Waals surface area contributed by atoms with E-state index >= 15 is 0 Å². The minimum absolute atomic E-state index is 0.106. The molecule has 0 fully saturated rings. The molecule has 2 aromatic heterocycles. The van der Waals surface area contributed by atoms with Crippen LogP contribution in [0.3, 0.4) is 0 Å². The maximum atomic E-state index is 5.90. The Morgan fingerprint density at radius 1 is 0.437 bits per heavy atom. The van der Waals surface area contributed by atoms with Crippen LogP contribution in [-0.4, -0.2) is 41.6 Å². The van der Waals surface area contributed by atoms with E-state index in [4.69, 9.17) is 51.7 Å². The zero-order valence-electron chi connectivity index (χ0n) is 50.6. The molecule has 8 aromatic carbocycles. The Labute approximate surface area is 561 Å². The quantitative estimate of drug-likeness (QED) is 0.0311. The van der Waals surface area contributed by atoms with E-state index in [9.17, 15) is 0 Å². The SMILES string of the molecule is C=C(OCC)c1ccc2cnc(Cl)cc2c1.C=[C](OCC)[Sn]([CH2]CCC)([CH2]CCC)[CH2]CCC.Clc1cc2cc(Br)ccc2cn1.[Cl][Pd][Cl].c1ccc(P(c2ccccc2)c2ccccc2)cc1.c1ccc(P(c2ccccc2)c2ccccc2)cc1. The Hall–Kier alpha value is -4.38. The molecule has 4 nitrogen and oxygen atoms in total. The number of halogens is 5. The molecule has 10 aromatic rings. The Morgan fingerprint density at radius 2 is 0.747 bits per heavy atom. The normalized spacial score (nSPS) is 10.6. The third-order valence-corrected chi connectivity index (χ3v) is 34.8. The minimum atomic E-state index is -2.24. The first kappa shape index (κ1) is 73.4. The Bertz CT molecular complexity index is 3150. The van der Waals surface area contributed by atoms with Gasteiger partial charge in [-0.1, -0.05) is 246 Å². The molecule has 13 heteroatoms. The summed E-state index contributed by atoms with van der Waals surface area (Å²) in [6, 6.07) is 80.3. The standard InChI is InChI=1S/2C18H15P.C13H12ClNO.C9H5BrClN.C4H7O.3C4H9.2ClH.Pd.Sn/c2*1-4-10-16(11-5-1)19(17-12-6-2-7-13-17)18-14-8-3-9-15-18;1-3-16-9(2)10-4-5-11-8-15-13(14)7-12(11)6-10;10-8-2-1-6-5-12-9(11)4-7(6)3-8;1-3-5-4-2;3*1-3-4-2;;;;/h2*1-15H;4-8H,2-3H2,1H3;1-5H;1,4H2,2H3;3*1,3-4H2,2H3;2*1H;;/q;;;;;;;;;;+2;/p-2. The van der Waals surface area contributed by atoms with Crippen LogP contribution in [0.15, 0.2) is 264 Å². The molecular formula is C74H81BrCl4N2O2P2PdSn. The van der Waals surface area contributed by atoms with Gasteiger partial charge in [-0.3, -0.25) is 0 Å². The van der Waals surface area contributed by atoms with Crippen LogP contribution in [0.25, 0.3) is 27.3 Å². The van der Waals surface area contributed by atoms with Crippen molar-refractivity contribution in [3.05, 3.63) is 280 Å². The zero-order valence-corrected chi connectivity index (χ0v) is 61.4. The molecule has 0 unspecified atom stereocenters. The Morgan fingerprint density at radius 3 is 1.06 bits per heavy atom. The molecule has 0 radical (unpaired) electrons. The van der Waals surface area contributed by atoms with Crippen molar-refractivity contribution in [1.82, 2.24) is 9.97 Å². The molecule has 0 atom stereocenters. The van der Waals surface area contributed by atoms with Gasteiger partial charge >= 0.3 is 155 Å². The van der Waals surface area contributed by atoms with Gasteiger partial charge in [-0.2, -0.15) is 0 Å². The van der Waals surface area contributed by atoms with E-state index in [-0.39, 0.29) is 15.9 Å². The van der Waals surface area contributed by atoms with Crippen LogP contribution in [0.4, 0.5) is 0 Å². The summed E-state index contributed by atoms with van der Waals surface area (Å²) in [5, 5.41) is 13.7. The van der Waals surface area contributed by atoms with E-state index in [2.05, 4.69) is 249 Å². The summed E-state index contributed by atoms with van der Waals surface area (Å²) in [5.74, 6) is 0.678. The topological polar surface area (TPSA) is 44.2 Å². The summed E-state index contributed by atoms with van der Waals surface area (Å²) in [6.07, 6.45) is 11.6. The van der Waals surface area contributed by atoms with Crippen LogP contribution in [0.5, 0.6) is 0 Å². The van der Waals surface area contributed by atoms with Gasteiger partial charge in [0.15, 0.2) is 0 Å². The van der Waals surface area contributed by atoms with Crippen molar-refractivity contribution >= 4 is 152 Å². The van der Waals surface area contributed by atoms with Crippen LogP contribution < -0.4 is 31.8 Å². The maximum Gasteiger partial charge on any atom is -0.0134 e. The molecule has 10 rings (SSSR count). The van der Waals surface area contributed by atoms with Crippen molar-refractivity contribution in [2.24, 2.45) is 0 Å². The number of ether oxygens (including phenoxy) is 2. The molecule has 0 amide bonds. The molecule has 0 N–H and O–H groups in total. The first-order valence-corrected chi connectivity index (χ1v) is 45.3.